The van der Waals surface area contributed by atoms with Gasteiger partial charge >= 0.3 is 122 Å². The van der Waals surface area contributed by atoms with E-state index in [0.29, 0.717) is 18.7 Å². The van der Waals surface area contributed by atoms with Crippen molar-refractivity contribution < 1.29 is 23.8 Å². The topological polar surface area (TPSA) is 84.9 Å². The fourth-order valence-electron chi connectivity index (χ4n) is 3.30. The molecule has 0 aromatic carbocycles. The van der Waals surface area contributed by atoms with Gasteiger partial charge < -0.3 is 0 Å². The van der Waals surface area contributed by atoms with Crippen molar-refractivity contribution >= 4 is 19.0 Å². The molecule has 3 heterocycles. The van der Waals surface area contributed by atoms with Crippen LogP contribution in [-0.4, -0.2) is 54.8 Å². The molecule has 2 saturated heterocycles. The van der Waals surface area contributed by atoms with Crippen LogP contribution in [0.1, 0.15) is 20.3 Å². The fourth-order valence-corrected chi connectivity index (χ4v) is 3.30. The molecule has 0 spiro atoms. The van der Waals surface area contributed by atoms with Crippen molar-refractivity contribution in [1.29, 1.82) is 0 Å². The Morgan fingerprint density at radius 2 is 2.19 bits per heavy atom. The van der Waals surface area contributed by atoms with Crippen LogP contribution in [0.15, 0.2) is 11.8 Å². The summed E-state index contributed by atoms with van der Waals surface area (Å²) in [5.41, 5.74) is 0. The zero-order valence-corrected chi connectivity index (χ0v) is 12.0. The molecule has 8 heteroatoms. The molecule has 21 heavy (non-hydrogen) atoms. The third-order valence-electron chi connectivity index (χ3n) is 4.06. The Hall–Kier alpha value is -1.70. The number of rotatable bonds is 4. The van der Waals surface area contributed by atoms with Crippen LogP contribution in [0, 0.1) is 5.92 Å². The Bertz CT molecular complexity index is 533. The SMILES string of the molecule is CC1(C)OC(=O)C=C(CC2CN(CB=O)C3C(=O)NC23)O1. The van der Waals surface area contributed by atoms with Crippen molar-refractivity contribution in [2.24, 2.45) is 5.92 Å². The van der Waals surface area contributed by atoms with Crippen molar-refractivity contribution in [2.45, 2.75) is 38.1 Å². The molecular formula is C13H17BN2O5. The molecule has 3 aliphatic rings. The van der Waals surface area contributed by atoms with Gasteiger partial charge in [-0.2, -0.15) is 0 Å². The van der Waals surface area contributed by atoms with Crippen LogP contribution in [0.2, 0.25) is 0 Å². The number of esters is 1. The van der Waals surface area contributed by atoms with Gasteiger partial charge in [0.2, 0.25) is 0 Å². The predicted molar refractivity (Wildman–Crippen MR) is 71.2 cm³/mol. The molecule has 0 bridgehead atoms. The monoisotopic (exact) mass is 292 g/mol. The first-order chi connectivity index (χ1) is 9.89. The van der Waals surface area contributed by atoms with E-state index >= 15 is 0 Å². The predicted octanol–water partition coefficient (Wildman–Crippen LogP) is -0.624. The molecule has 7 nitrogen and oxygen atoms in total. The summed E-state index contributed by atoms with van der Waals surface area (Å²) in [5.74, 6) is -0.736. The van der Waals surface area contributed by atoms with Crippen LogP contribution in [0.5, 0.6) is 0 Å². The van der Waals surface area contributed by atoms with Gasteiger partial charge in [-0.1, -0.05) is 0 Å². The van der Waals surface area contributed by atoms with E-state index in [9.17, 15) is 14.3 Å². The summed E-state index contributed by atoms with van der Waals surface area (Å²) in [4.78, 5) is 25.0. The molecule has 2 fully saturated rings. The number of nitrogens with zero attached hydrogens (tertiary/aromatic N) is 1. The first-order valence-electron chi connectivity index (χ1n) is 7.00. The summed E-state index contributed by atoms with van der Waals surface area (Å²) < 4.78 is 21.4. The zero-order chi connectivity index (χ0) is 15.2. The average Bonchev–Trinajstić information content (AvgIpc) is 2.58. The maximum absolute atomic E-state index is 11.6. The summed E-state index contributed by atoms with van der Waals surface area (Å²) >= 11 is 0. The van der Waals surface area contributed by atoms with Crippen molar-refractivity contribution in [3.8, 4) is 0 Å². The van der Waals surface area contributed by atoms with Gasteiger partial charge in [-0.05, 0) is 0 Å². The Morgan fingerprint density at radius 1 is 1.43 bits per heavy atom. The number of nitrogens with one attached hydrogen (secondary N) is 1. The van der Waals surface area contributed by atoms with E-state index < -0.39 is 11.8 Å². The number of fused-ring (bicyclic) bond motifs is 1. The Morgan fingerprint density at radius 3 is 2.81 bits per heavy atom. The van der Waals surface area contributed by atoms with Gasteiger partial charge in [0.15, 0.2) is 0 Å². The Balaban J connectivity index is 1.70. The van der Waals surface area contributed by atoms with Crippen molar-refractivity contribution in [2.75, 3.05) is 13.0 Å². The Kier molecular flexibility index (Phi) is 3.35. The molecule has 3 unspecified atom stereocenters. The van der Waals surface area contributed by atoms with Gasteiger partial charge in [0, 0.05) is 0 Å². The number of carbonyl (C=O) groups is 2. The van der Waals surface area contributed by atoms with E-state index in [1.807, 2.05) is 4.90 Å². The number of hydrogen-bond acceptors (Lipinski definition) is 6. The number of hydrogen-bond donors (Lipinski definition) is 1. The molecule has 1 N–H and O–H groups in total. The van der Waals surface area contributed by atoms with Gasteiger partial charge in [-0.3, -0.25) is 0 Å². The minimum absolute atomic E-state index is 0.0167. The molecule has 0 aliphatic carbocycles. The molecule has 0 radical (unpaired) electrons. The van der Waals surface area contributed by atoms with Crippen LogP contribution in [-0.2, 0) is 23.8 Å². The van der Waals surface area contributed by atoms with Crippen molar-refractivity contribution in [1.82, 2.24) is 10.2 Å². The number of ether oxygens (including phenoxy) is 2. The summed E-state index contributed by atoms with van der Waals surface area (Å²) in [6.07, 6.45) is 2.14. The van der Waals surface area contributed by atoms with E-state index in [1.54, 1.807) is 13.8 Å². The fraction of sp³-hybridized carbons (Fsp3) is 0.692. The van der Waals surface area contributed by atoms with E-state index in [2.05, 4.69) is 5.32 Å². The van der Waals surface area contributed by atoms with Gasteiger partial charge in [0.05, 0.1) is 0 Å². The summed E-state index contributed by atoms with van der Waals surface area (Å²) in [6, 6.07) is -0.215. The number of allylic oxidation sites excluding steroid dienone is 1. The molecule has 112 valence electrons. The second-order valence-electron chi connectivity index (χ2n) is 6.10. The standard InChI is InChI=1S/C13H17BN2O5/c1-13(2)20-8(4-9(17)21-13)3-7-5-16(6-14-19)11-10(7)15-12(11)18/h4,7,10-11H,3,5-6H2,1-2H3,(H,15,18). The maximum atomic E-state index is 11.6. The first kappa shape index (κ1) is 14.3. The van der Waals surface area contributed by atoms with Gasteiger partial charge in [0.25, 0.3) is 0 Å². The summed E-state index contributed by atoms with van der Waals surface area (Å²) in [5, 5.41) is 2.87. The molecule has 0 aromatic heterocycles. The molecule has 0 saturated carbocycles. The second-order valence-corrected chi connectivity index (χ2v) is 6.10. The van der Waals surface area contributed by atoms with Crippen LogP contribution in [0.3, 0.4) is 0 Å². The number of cyclic esters (lactones) is 1. The number of likely N-dealkylation sites (tertiary alicyclic amines) is 1. The van der Waals surface area contributed by atoms with Crippen LogP contribution in [0.25, 0.3) is 0 Å². The summed E-state index contributed by atoms with van der Waals surface area (Å²) in [6.45, 7) is 3.99. The zero-order valence-electron chi connectivity index (χ0n) is 12.0. The van der Waals surface area contributed by atoms with E-state index in [-0.39, 0.29) is 30.4 Å². The quantitative estimate of drug-likeness (QED) is 0.422. The summed E-state index contributed by atoms with van der Waals surface area (Å²) in [7, 11) is 0.807. The minimum atomic E-state index is -0.968. The van der Waals surface area contributed by atoms with Gasteiger partial charge in [0.1, 0.15) is 0 Å². The second kappa shape index (κ2) is 4.94. The van der Waals surface area contributed by atoms with Crippen molar-refractivity contribution in [3.63, 3.8) is 0 Å². The third kappa shape index (κ3) is 2.59. The van der Waals surface area contributed by atoms with Crippen LogP contribution in [0.4, 0.5) is 0 Å². The third-order valence-corrected chi connectivity index (χ3v) is 4.06. The van der Waals surface area contributed by atoms with Gasteiger partial charge in [-0.15, -0.1) is 0 Å². The number of amides is 1. The van der Waals surface area contributed by atoms with Crippen LogP contribution < -0.4 is 5.32 Å². The first-order valence-corrected chi connectivity index (χ1v) is 7.00. The Labute approximate surface area is 122 Å². The van der Waals surface area contributed by atoms with E-state index in [4.69, 9.17) is 9.47 Å². The molecule has 3 aliphatic heterocycles. The molecule has 1 amide bonds. The number of β-lactam (4-membered cyclic amide) rings is 1. The van der Waals surface area contributed by atoms with Crippen LogP contribution >= 0.6 is 0 Å². The average molecular weight is 292 g/mol. The van der Waals surface area contributed by atoms with E-state index in [0.717, 1.165) is 7.15 Å². The normalized spacial score (nSPS) is 33.8. The molecule has 3 atom stereocenters. The molecule has 3 rings (SSSR count). The molecule has 0 aromatic rings. The van der Waals surface area contributed by atoms with Crippen molar-refractivity contribution in [3.05, 3.63) is 11.8 Å². The molecular weight excluding hydrogens is 275 g/mol. The van der Waals surface area contributed by atoms with Gasteiger partial charge in [-0.25, -0.2) is 0 Å². The van der Waals surface area contributed by atoms with E-state index in [1.165, 1.54) is 6.08 Å². The number of carbonyl (C=O) groups excluding carboxylic acids is 2.